The maximum atomic E-state index is 14.8. The van der Waals surface area contributed by atoms with E-state index in [2.05, 4.69) is 17.7 Å². The zero-order valence-corrected chi connectivity index (χ0v) is 34.0. The third-order valence-electron chi connectivity index (χ3n) is 10.8. The van der Waals surface area contributed by atoms with Crippen LogP contribution in [0.4, 0.5) is 0 Å². The Morgan fingerprint density at radius 3 is 2.34 bits per heavy atom. The van der Waals surface area contributed by atoms with Crippen LogP contribution < -0.4 is 9.46 Å². The molecule has 298 valence electrons. The molecule has 0 fully saturated rings. The summed E-state index contributed by atoms with van der Waals surface area (Å²) in [5, 5.41) is 17.9. The lowest BCUT2D eigenvalue weighted by Crippen LogP contribution is -2.36. The molecule has 0 radical (unpaired) electrons. The molecule has 1 aliphatic rings. The molecule has 12 heteroatoms. The van der Waals surface area contributed by atoms with Gasteiger partial charge >= 0.3 is 0 Å². The van der Waals surface area contributed by atoms with E-state index in [9.17, 15) is 23.1 Å². The first-order valence-electron chi connectivity index (χ1n) is 19.4. The number of hydrogen-bond donors (Lipinski definition) is 2. The number of amides is 2. The van der Waals surface area contributed by atoms with Crippen molar-refractivity contribution >= 4 is 44.2 Å². The van der Waals surface area contributed by atoms with Gasteiger partial charge in [0.15, 0.2) is 0 Å². The minimum Gasteiger partial charge on any atom is -0.457 e. The van der Waals surface area contributed by atoms with Crippen LogP contribution in [0.25, 0.3) is 27.6 Å². The summed E-state index contributed by atoms with van der Waals surface area (Å²) >= 11 is 6.16. The molecule has 1 aliphatic heterocycles. The topological polar surface area (TPSA) is 131 Å². The van der Waals surface area contributed by atoms with Crippen molar-refractivity contribution in [2.45, 2.75) is 50.7 Å². The summed E-state index contributed by atoms with van der Waals surface area (Å²) in [6.07, 6.45) is 1.36. The smallest absolute Gasteiger partial charge is 0.265 e. The molecular weight excluding hydrogens is 784 g/mol. The molecule has 59 heavy (non-hydrogen) atoms. The number of carbonyl (C=O) groups excluding carboxylic acids is 2. The first kappa shape index (κ1) is 39.6. The number of nitrogens with one attached hydrogen (secondary N) is 1. The molecule has 0 saturated carbocycles. The van der Waals surface area contributed by atoms with Crippen LogP contribution >= 0.6 is 11.6 Å². The van der Waals surface area contributed by atoms with Gasteiger partial charge in [0.2, 0.25) is 0 Å². The van der Waals surface area contributed by atoms with Crippen molar-refractivity contribution in [3.8, 4) is 28.3 Å². The molecule has 8 rings (SSSR count). The lowest BCUT2D eigenvalue weighted by molar-refractivity contribution is 0.0735. The van der Waals surface area contributed by atoms with Crippen LogP contribution in [-0.2, 0) is 29.6 Å². The highest BCUT2D eigenvalue weighted by Gasteiger charge is 2.31. The second-order valence-corrected chi connectivity index (χ2v) is 16.7. The van der Waals surface area contributed by atoms with E-state index >= 15 is 0 Å². The molecule has 2 amide bonds. The van der Waals surface area contributed by atoms with Gasteiger partial charge in [0.1, 0.15) is 11.5 Å². The molecule has 0 saturated heterocycles. The van der Waals surface area contributed by atoms with Crippen LogP contribution in [-0.4, -0.2) is 46.6 Å². The number of nitrogens with zero attached hydrogens (tertiary/aromatic N) is 3. The van der Waals surface area contributed by atoms with Crippen molar-refractivity contribution in [1.82, 2.24) is 19.4 Å². The molecule has 1 unspecified atom stereocenters. The fourth-order valence-corrected chi connectivity index (χ4v) is 8.73. The largest absolute Gasteiger partial charge is 0.457 e. The van der Waals surface area contributed by atoms with Crippen LogP contribution in [0.15, 0.2) is 138 Å². The second-order valence-electron chi connectivity index (χ2n) is 14.6. The molecule has 0 aliphatic carbocycles. The second kappa shape index (κ2) is 16.5. The van der Waals surface area contributed by atoms with Gasteiger partial charge in [0.25, 0.3) is 21.8 Å². The van der Waals surface area contributed by atoms with Crippen molar-refractivity contribution in [3.05, 3.63) is 172 Å². The summed E-state index contributed by atoms with van der Waals surface area (Å²) in [7, 11) is -4.29. The van der Waals surface area contributed by atoms with E-state index in [4.69, 9.17) is 21.4 Å². The molecule has 2 heterocycles. The minimum absolute atomic E-state index is 0.0165. The van der Waals surface area contributed by atoms with Crippen molar-refractivity contribution in [3.63, 3.8) is 0 Å². The van der Waals surface area contributed by atoms with Gasteiger partial charge in [0, 0.05) is 34.8 Å². The van der Waals surface area contributed by atoms with Crippen LogP contribution in [0.1, 0.15) is 69.4 Å². The zero-order chi connectivity index (χ0) is 41.3. The Kier molecular flexibility index (Phi) is 11.1. The highest BCUT2D eigenvalue weighted by Crippen LogP contribution is 2.39. The van der Waals surface area contributed by atoms with Gasteiger partial charge in [-0.3, -0.25) is 9.59 Å². The highest BCUT2D eigenvalue weighted by atomic mass is 35.5. The Balaban J connectivity index is 1.20. The minimum atomic E-state index is -4.29. The molecule has 7 aromatic rings. The Morgan fingerprint density at radius 1 is 0.847 bits per heavy atom. The van der Waals surface area contributed by atoms with Crippen LogP contribution in [0.5, 0.6) is 11.5 Å². The number of benzene rings is 6. The zero-order valence-electron chi connectivity index (χ0n) is 32.4. The third kappa shape index (κ3) is 8.09. The lowest BCUT2D eigenvalue weighted by Gasteiger charge is -2.30. The monoisotopic (exact) mass is 824 g/mol. The first-order valence-corrected chi connectivity index (χ1v) is 21.2. The van der Waals surface area contributed by atoms with Crippen molar-refractivity contribution in [2.24, 2.45) is 0 Å². The molecule has 0 bridgehead atoms. The molecule has 2 N–H and O–H groups in total. The number of aromatic nitrogens is 2. The van der Waals surface area contributed by atoms with E-state index in [1.807, 2.05) is 79.7 Å². The standard InChI is InChI=1S/C47H41ClN4O6S/c1-3-30(2)45-44(43(29-53)49-52(45)37-17-19-38(20-18-37)58-39-14-8-13-36(48)27-39)41-22-16-34(26-42(41)47(55)51-24-23-32-10-5-7-12-35(32)28-51)46(54)50-59(56,57)40-21-15-31-9-4-6-11-33(31)25-40/h4-22,25-27,30,53H,3,23-24,28-29H2,1-2H3,(H,50,54). The lowest BCUT2D eigenvalue weighted by atomic mass is 9.89. The van der Waals surface area contributed by atoms with Gasteiger partial charge in [0.05, 0.1) is 28.6 Å². The Bertz CT molecular complexity index is 2840. The Hall–Kier alpha value is -6.27. The summed E-state index contributed by atoms with van der Waals surface area (Å²) in [5.74, 6) is -0.144. The Morgan fingerprint density at radius 2 is 1.59 bits per heavy atom. The summed E-state index contributed by atoms with van der Waals surface area (Å²) < 4.78 is 37.2. The number of halogens is 1. The number of sulfonamides is 1. The van der Waals surface area contributed by atoms with E-state index in [-0.39, 0.29) is 27.8 Å². The molecule has 6 aromatic carbocycles. The molecule has 1 atom stereocenters. The predicted octanol–water partition coefficient (Wildman–Crippen LogP) is 9.46. The van der Waals surface area contributed by atoms with Crippen LogP contribution in [0.2, 0.25) is 5.02 Å². The number of rotatable bonds is 11. The van der Waals surface area contributed by atoms with Crippen LogP contribution in [0, 0.1) is 0 Å². The van der Waals surface area contributed by atoms with Gasteiger partial charge in [-0.15, -0.1) is 0 Å². The van der Waals surface area contributed by atoms with Gasteiger partial charge in [-0.1, -0.05) is 92.2 Å². The third-order valence-corrected chi connectivity index (χ3v) is 12.4. The maximum Gasteiger partial charge on any atom is 0.265 e. The SMILES string of the molecule is CCC(C)c1c(-c2ccc(C(=O)NS(=O)(=O)c3ccc4ccccc4c3)cc2C(=O)N2CCc3ccccc3C2)c(CO)nn1-c1ccc(Oc2cccc(Cl)c2)cc1. The summed E-state index contributed by atoms with van der Waals surface area (Å²) in [6.45, 7) is 4.47. The number of hydrogen-bond acceptors (Lipinski definition) is 7. The number of aliphatic hydroxyl groups is 1. The predicted molar refractivity (Wildman–Crippen MR) is 229 cm³/mol. The van der Waals surface area contributed by atoms with Crippen molar-refractivity contribution in [2.75, 3.05) is 6.54 Å². The van der Waals surface area contributed by atoms with Crippen molar-refractivity contribution < 1.29 is 27.9 Å². The van der Waals surface area contributed by atoms with Gasteiger partial charge in [-0.25, -0.2) is 17.8 Å². The van der Waals surface area contributed by atoms with Gasteiger partial charge < -0.3 is 14.7 Å². The number of ether oxygens (including phenoxy) is 1. The van der Waals surface area contributed by atoms with Crippen molar-refractivity contribution in [1.29, 1.82) is 0 Å². The fourth-order valence-electron chi connectivity index (χ4n) is 7.54. The summed E-state index contributed by atoms with van der Waals surface area (Å²) in [5.41, 5.74) is 5.19. The van der Waals surface area contributed by atoms with E-state index in [0.29, 0.717) is 70.3 Å². The summed E-state index contributed by atoms with van der Waals surface area (Å²) in [4.78, 5) is 30.3. The number of aliphatic hydroxyl groups excluding tert-OH is 1. The Labute approximate surface area is 347 Å². The molecule has 1 aromatic heterocycles. The molecule has 10 nitrogen and oxygen atoms in total. The number of carbonyl (C=O) groups is 2. The van der Waals surface area contributed by atoms with Crippen LogP contribution in [0.3, 0.4) is 0 Å². The first-order chi connectivity index (χ1) is 28.5. The average molecular weight is 825 g/mol. The molecule has 0 spiro atoms. The average Bonchev–Trinajstić information content (AvgIpc) is 3.65. The number of fused-ring (bicyclic) bond motifs is 2. The van der Waals surface area contributed by atoms with E-state index < -0.39 is 22.5 Å². The van der Waals surface area contributed by atoms with E-state index in [1.54, 1.807) is 39.9 Å². The molecular formula is C47H41ClN4O6S. The van der Waals surface area contributed by atoms with Gasteiger partial charge in [-0.05, 0) is 113 Å². The van der Waals surface area contributed by atoms with E-state index in [1.165, 1.54) is 24.3 Å². The normalized spacial score (nSPS) is 13.2. The quantitative estimate of drug-likeness (QED) is 0.133. The van der Waals surface area contributed by atoms with Gasteiger partial charge in [-0.2, -0.15) is 5.10 Å². The summed E-state index contributed by atoms with van der Waals surface area (Å²) in [6, 6.07) is 39.1. The highest BCUT2D eigenvalue weighted by molar-refractivity contribution is 7.90. The fraction of sp³-hybridized carbons (Fsp3) is 0.170. The maximum absolute atomic E-state index is 14.8. The van der Waals surface area contributed by atoms with E-state index in [0.717, 1.165) is 22.2 Å².